The third-order valence-electron chi connectivity index (χ3n) is 3.21. The van der Waals surface area contributed by atoms with Crippen molar-refractivity contribution in [2.45, 2.75) is 6.04 Å². The van der Waals surface area contributed by atoms with Crippen LogP contribution in [-0.2, 0) is 4.79 Å². The molecular weight excluding hydrogens is 254 g/mol. The summed E-state index contributed by atoms with van der Waals surface area (Å²) >= 11 is 0. The van der Waals surface area contributed by atoms with Gasteiger partial charge in [-0.25, -0.2) is 0 Å². The van der Waals surface area contributed by atoms with Crippen LogP contribution >= 0.6 is 0 Å². The smallest absolute Gasteiger partial charge is 0.247 e. The molecule has 0 spiro atoms. The average Bonchev–Trinajstić information content (AvgIpc) is 2.53. The lowest BCUT2D eigenvalue weighted by Gasteiger charge is -2.31. The normalized spacial score (nSPS) is 18.8. The number of amides is 1. The maximum Gasteiger partial charge on any atom is 0.247 e. The van der Waals surface area contributed by atoms with E-state index in [1.54, 1.807) is 18.1 Å². The highest BCUT2D eigenvalue weighted by molar-refractivity contribution is 5.92. The molecule has 1 aromatic rings. The average molecular weight is 271 g/mol. The number of hydrogen-bond donors (Lipinski definition) is 1. The van der Waals surface area contributed by atoms with E-state index in [0.29, 0.717) is 13.1 Å². The number of benzene rings is 1. The summed E-state index contributed by atoms with van der Waals surface area (Å²) in [5.74, 6) is 0.647. The van der Waals surface area contributed by atoms with E-state index in [2.05, 4.69) is 11.4 Å². The summed E-state index contributed by atoms with van der Waals surface area (Å²) in [6, 6.07) is 9.18. The molecule has 0 aliphatic carbocycles. The molecule has 1 aliphatic heterocycles. The zero-order valence-corrected chi connectivity index (χ0v) is 11.4. The summed E-state index contributed by atoms with van der Waals surface area (Å²) in [4.78, 5) is 13.7. The lowest BCUT2D eigenvalue weighted by Crippen LogP contribution is -2.52. The number of hydrogen-bond acceptors (Lipinski definition) is 4. The van der Waals surface area contributed by atoms with Crippen molar-refractivity contribution in [3.8, 4) is 11.8 Å². The molecule has 0 bridgehead atoms. The van der Waals surface area contributed by atoms with Crippen molar-refractivity contribution in [2.24, 2.45) is 0 Å². The third-order valence-corrected chi connectivity index (χ3v) is 3.21. The van der Waals surface area contributed by atoms with Crippen LogP contribution in [0.15, 0.2) is 30.3 Å². The largest absolute Gasteiger partial charge is 0.497 e. The molecule has 1 unspecified atom stereocenters. The number of methoxy groups -OCH3 is 1. The zero-order chi connectivity index (χ0) is 14.4. The van der Waals surface area contributed by atoms with Gasteiger partial charge in [-0.3, -0.25) is 4.79 Å². The second-order valence-corrected chi connectivity index (χ2v) is 4.49. The Bertz CT molecular complexity index is 531. The number of ether oxygens (including phenoxy) is 1. The van der Waals surface area contributed by atoms with Gasteiger partial charge in [0.25, 0.3) is 0 Å². The van der Waals surface area contributed by atoms with Crippen molar-refractivity contribution in [3.63, 3.8) is 0 Å². The minimum Gasteiger partial charge on any atom is -0.497 e. The molecule has 1 fully saturated rings. The number of carbonyl (C=O) groups excluding carboxylic acids is 1. The fourth-order valence-corrected chi connectivity index (χ4v) is 2.06. The maximum atomic E-state index is 12.1. The molecule has 1 amide bonds. The van der Waals surface area contributed by atoms with Crippen LogP contribution in [-0.4, -0.2) is 43.6 Å². The molecule has 1 atom stereocenters. The molecule has 104 valence electrons. The Hall–Kier alpha value is -2.32. The van der Waals surface area contributed by atoms with E-state index in [1.807, 2.05) is 24.3 Å². The highest BCUT2D eigenvalue weighted by Crippen LogP contribution is 2.13. The number of carbonyl (C=O) groups is 1. The topological polar surface area (TPSA) is 65.4 Å². The van der Waals surface area contributed by atoms with Gasteiger partial charge in [0.1, 0.15) is 11.8 Å². The quantitative estimate of drug-likeness (QED) is 0.834. The van der Waals surface area contributed by atoms with Crippen LogP contribution in [0.25, 0.3) is 6.08 Å². The zero-order valence-electron chi connectivity index (χ0n) is 11.4. The Balaban J connectivity index is 2.02. The Morgan fingerprint density at radius 1 is 1.50 bits per heavy atom. The number of nitrogens with zero attached hydrogens (tertiary/aromatic N) is 2. The van der Waals surface area contributed by atoms with Crippen LogP contribution < -0.4 is 10.1 Å². The Morgan fingerprint density at radius 3 is 2.90 bits per heavy atom. The molecule has 0 radical (unpaired) electrons. The summed E-state index contributed by atoms with van der Waals surface area (Å²) < 4.78 is 5.08. The second kappa shape index (κ2) is 6.73. The molecule has 1 aliphatic rings. The highest BCUT2D eigenvalue weighted by Gasteiger charge is 2.24. The van der Waals surface area contributed by atoms with Gasteiger partial charge in [-0.2, -0.15) is 5.26 Å². The first-order chi connectivity index (χ1) is 9.74. The predicted octanol–water partition coefficient (Wildman–Crippen LogP) is 1.03. The monoisotopic (exact) mass is 271 g/mol. The van der Waals surface area contributed by atoms with Crippen LogP contribution in [0.4, 0.5) is 0 Å². The Kier molecular flexibility index (Phi) is 4.75. The van der Waals surface area contributed by atoms with Crippen LogP contribution in [0.1, 0.15) is 5.56 Å². The van der Waals surface area contributed by atoms with E-state index in [1.165, 1.54) is 6.08 Å². The molecular formula is C15H17N3O2. The highest BCUT2D eigenvalue weighted by atomic mass is 16.5. The van der Waals surface area contributed by atoms with E-state index in [-0.39, 0.29) is 5.91 Å². The van der Waals surface area contributed by atoms with Crippen molar-refractivity contribution < 1.29 is 9.53 Å². The number of piperazine rings is 1. The van der Waals surface area contributed by atoms with E-state index in [0.717, 1.165) is 17.9 Å². The SMILES string of the molecule is COc1ccc(C=CC(=O)N2CCNCC2C#N)cc1. The summed E-state index contributed by atoms with van der Waals surface area (Å²) in [7, 11) is 1.61. The Labute approximate surface area is 118 Å². The maximum absolute atomic E-state index is 12.1. The molecule has 5 heteroatoms. The number of rotatable bonds is 3. The van der Waals surface area contributed by atoms with Gasteiger partial charge in [-0.1, -0.05) is 12.1 Å². The van der Waals surface area contributed by atoms with Crippen molar-refractivity contribution in [3.05, 3.63) is 35.9 Å². The molecule has 20 heavy (non-hydrogen) atoms. The van der Waals surface area contributed by atoms with Gasteiger partial charge in [0.2, 0.25) is 5.91 Å². The van der Waals surface area contributed by atoms with Crippen LogP contribution in [0.5, 0.6) is 5.75 Å². The molecule has 2 rings (SSSR count). The van der Waals surface area contributed by atoms with Gasteiger partial charge in [0.15, 0.2) is 0 Å². The van der Waals surface area contributed by atoms with Gasteiger partial charge < -0.3 is 15.0 Å². The van der Waals surface area contributed by atoms with E-state index >= 15 is 0 Å². The fraction of sp³-hybridized carbons (Fsp3) is 0.333. The lowest BCUT2D eigenvalue weighted by molar-refractivity contribution is -0.127. The van der Waals surface area contributed by atoms with Gasteiger partial charge in [0, 0.05) is 25.7 Å². The minimum atomic E-state index is -0.392. The standard InChI is InChI=1S/C15H17N3O2/c1-20-14-5-2-12(3-6-14)4-7-15(19)18-9-8-17-11-13(18)10-16/h2-7,13,17H,8-9,11H2,1H3. The third kappa shape index (κ3) is 3.37. The van der Waals surface area contributed by atoms with Gasteiger partial charge in [-0.15, -0.1) is 0 Å². The second-order valence-electron chi connectivity index (χ2n) is 4.49. The van der Waals surface area contributed by atoms with Gasteiger partial charge in [0.05, 0.1) is 13.2 Å². The first kappa shape index (κ1) is 14.1. The fourth-order valence-electron chi connectivity index (χ4n) is 2.06. The summed E-state index contributed by atoms with van der Waals surface area (Å²) in [5, 5.41) is 12.1. The molecule has 1 aromatic carbocycles. The predicted molar refractivity (Wildman–Crippen MR) is 76.0 cm³/mol. The van der Waals surface area contributed by atoms with Crippen LogP contribution in [0.3, 0.4) is 0 Å². The van der Waals surface area contributed by atoms with E-state index in [9.17, 15) is 4.79 Å². The minimum absolute atomic E-state index is 0.131. The lowest BCUT2D eigenvalue weighted by atomic mass is 10.1. The first-order valence-corrected chi connectivity index (χ1v) is 6.47. The number of nitrogens with one attached hydrogen (secondary N) is 1. The van der Waals surface area contributed by atoms with Gasteiger partial charge in [-0.05, 0) is 23.8 Å². The Morgan fingerprint density at radius 2 is 2.25 bits per heavy atom. The number of nitriles is 1. The molecule has 1 N–H and O–H groups in total. The first-order valence-electron chi connectivity index (χ1n) is 6.47. The van der Waals surface area contributed by atoms with Gasteiger partial charge >= 0.3 is 0 Å². The molecule has 0 aromatic heterocycles. The van der Waals surface area contributed by atoms with Crippen LogP contribution in [0, 0.1) is 11.3 Å². The van der Waals surface area contributed by atoms with Crippen molar-refractivity contribution in [1.82, 2.24) is 10.2 Å². The van der Waals surface area contributed by atoms with Crippen molar-refractivity contribution in [1.29, 1.82) is 5.26 Å². The van der Waals surface area contributed by atoms with Crippen molar-refractivity contribution >= 4 is 12.0 Å². The molecule has 1 saturated heterocycles. The van der Waals surface area contributed by atoms with Crippen molar-refractivity contribution in [2.75, 3.05) is 26.7 Å². The van der Waals surface area contributed by atoms with E-state index in [4.69, 9.17) is 10.00 Å². The van der Waals surface area contributed by atoms with Crippen LogP contribution in [0.2, 0.25) is 0 Å². The molecule has 0 saturated carbocycles. The summed E-state index contributed by atoms with van der Waals surface area (Å²) in [5.41, 5.74) is 0.919. The van der Waals surface area contributed by atoms with E-state index < -0.39 is 6.04 Å². The molecule has 1 heterocycles. The summed E-state index contributed by atoms with van der Waals surface area (Å²) in [6.07, 6.45) is 3.26. The molecule has 5 nitrogen and oxygen atoms in total. The summed E-state index contributed by atoms with van der Waals surface area (Å²) in [6.45, 7) is 1.81.